The maximum Gasteiger partial charge on any atom is 0.253 e. The molecule has 0 aliphatic carbocycles. The third-order valence-electron chi connectivity index (χ3n) is 4.00. The number of pyridine rings is 1. The molecule has 3 rings (SSSR count). The summed E-state index contributed by atoms with van der Waals surface area (Å²) in [4.78, 5) is 16.5. The van der Waals surface area contributed by atoms with E-state index in [0.29, 0.717) is 35.7 Å². The number of carbonyl (C=O) groups is 1. The van der Waals surface area contributed by atoms with E-state index in [-0.39, 0.29) is 5.91 Å². The fourth-order valence-electron chi connectivity index (χ4n) is 2.57. The van der Waals surface area contributed by atoms with Crippen molar-refractivity contribution in [1.82, 2.24) is 10.3 Å². The molecule has 0 aliphatic rings. The number of rotatable bonds is 8. The second-order valence-corrected chi connectivity index (χ2v) is 6.06. The second-order valence-electron chi connectivity index (χ2n) is 6.06. The predicted molar refractivity (Wildman–Crippen MR) is 109 cm³/mol. The summed E-state index contributed by atoms with van der Waals surface area (Å²) in [6, 6.07) is 18.1. The van der Waals surface area contributed by atoms with Crippen molar-refractivity contribution in [2.24, 2.45) is 0 Å². The molecule has 0 saturated carbocycles. The molecule has 0 saturated heterocycles. The van der Waals surface area contributed by atoms with E-state index in [9.17, 15) is 4.79 Å². The van der Waals surface area contributed by atoms with Crippen LogP contribution in [-0.2, 0) is 0 Å². The van der Waals surface area contributed by atoms with Crippen LogP contribution in [0.25, 0.3) is 0 Å². The van der Waals surface area contributed by atoms with Crippen molar-refractivity contribution in [1.29, 1.82) is 5.26 Å². The zero-order valence-electron chi connectivity index (χ0n) is 15.9. The fraction of sp³-hybridized carbons (Fsp3) is 0.136. The maximum atomic E-state index is 12.4. The average molecular weight is 388 g/mol. The van der Waals surface area contributed by atoms with Crippen LogP contribution >= 0.6 is 0 Å². The van der Waals surface area contributed by atoms with Crippen molar-refractivity contribution in [3.63, 3.8) is 0 Å². The molecule has 2 N–H and O–H groups in total. The van der Waals surface area contributed by atoms with E-state index in [1.54, 1.807) is 49.7 Å². The smallest absolute Gasteiger partial charge is 0.253 e. The Labute approximate surface area is 168 Å². The summed E-state index contributed by atoms with van der Waals surface area (Å²) in [5, 5.41) is 14.9. The molecule has 1 aromatic heterocycles. The molecule has 3 aromatic rings. The van der Waals surface area contributed by atoms with Gasteiger partial charge in [-0.05, 0) is 48.5 Å². The van der Waals surface area contributed by atoms with Gasteiger partial charge in [-0.25, -0.2) is 0 Å². The van der Waals surface area contributed by atoms with Gasteiger partial charge in [0.25, 0.3) is 5.91 Å². The van der Waals surface area contributed by atoms with Crippen LogP contribution in [0.1, 0.15) is 15.9 Å². The van der Waals surface area contributed by atoms with Gasteiger partial charge in [-0.15, -0.1) is 0 Å². The van der Waals surface area contributed by atoms with Crippen molar-refractivity contribution in [2.75, 3.05) is 25.6 Å². The quantitative estimate of drug-likeness (QED) is 0.573. The highest BCUT2D eigenvalue weighted by molar-refractivity contribution is 5.94. The lowest BCUT2D eigenvalue weighted by atomic mass is 10.2. The monoisotopic (exact) mass is 388 g/mol. The van der Waals surface area contributed by atoms with E-state index in [1.165, 1.54) is 6.20 Å². The van der Waals surface area contributed by atoms with Crippen LogP contribution in [0.3, 0.4) is 0 Å². The Balaban J connectivity index is 1.51. The first-order valence-corrected chi connectivity index (χ1v) is 8.95. The Hall–Kier alpha value is -4.05. The van der Waals surface area contributed by atoms with Crippen molar-refractivity contribution in [2.45, 2.75) is 0 Å². The lowest BCUT2D eigenvalue weighted by molar-refractivity contribution is 0.0946. The highest BCUT2D eigenvalue weighted by atomic mass is 16.5. The normalized spacial score (nSPS) is 9.93. The molecule has 0 unspecified atom stereocenters. The average Bonchev–Trinajstić information content (AvgIpc) is 2.77. The van der Waals surface area contributed by atoms with Gasteiger partial charge in [-0.2, -0.15) is 5.26 Å². The molecule has 0 bridgehead atoms. The maximum absolute atomic E-state index is 12.4. The van der Waals surface area contributed by atoms with Crippen LogP contribution in [0, 0.1) is 11.3 Å². The minimum absolute atomic E-state index is 0.245. The molecule has 0 fully saturated rings. The minimum Gasteiger partial charge on any atom is -0.497 e. The van der Waals surface area contributed by atoms with Gasteiger partial charge in [-0.3, -0.25) is 9.78 Å². The number of methoxy groups -OCH3 is 1. The molecule has 2 aromatic carbocycles. The molecule has 0 spiro atoms. The number of ether oxygens (including phenoxy) is 2. The summed E-state index contributed by atoms with van der Waals surface area (Å²) in [6.45, 7) is 0.692. The van der Waals surface area contributed by atoms with Gasteiger partial charge >= 0.3 is 0 Å². The number of nitriles is 1. The molecule has 7 nitrogen and oxygen atoms in total. The summed E-state index contributed by atoms with van der Waals surface area (Å²) in [5.41, 5.74) is 2.38. The van der Waals surface area contributed by atoms with E-state index in [1.807, 2.05) is 18.2 Å². The van der Waals surface area contributed by atoms with Gasteiger partial charge < -0.3 is 20.1 Å². The third-order valence-corrected chi connectivity index (χ3v) is 4.00. The van der Waals surface area contributed by atoms with E-state index in [2.05, 4.69) is 21.7 Å². The lowest BCUT2D eigenvalue weighted by Gasteiger charge is -2.10. The summed E-state index contributed by atoms with van der Waals surface area (Å²) in [6.07, 6.45) is 3.11. The number of aromatic nitrogens is 1. The first-order chi connectivity index (χ1) is 14.2. The number of amides is 1. The Morgan fingerprint density at radius 3 is 2.62 bits per heavy atom. The molecule has 1 amide bonds. The van der Waals surface area contributed by atoms with Crippen LogP contribution < -0.4 is 20.1 Å². The van der Waals surface area contributed by atoms with Crippen molar-refractivity contribution in [3.05, 3.63) is 78.1 Å². The number of carbonyl (C=O) groups excluding carboxylic acids is 1. The number of nitrogens with one attached hydrogen (secondary N) is 2. The van der Waals surface area contributed by atoms with Crippen LogP contribution in [0.5, 0.6) is 11.5 Å². The van der Waals surface area contributed by atoms with E-state index < -0.39 is 0 Å². The number of nitrogens with zero attached hydrogens (tertiary/aromatic N) is 2. The predicted octanol–water partition coefficient (Wildman–Crippen LogP) is 3.51. The van der Waals surface area contributed by atoms with Gasteiger partial charge in [-0.1, -0.05) is 6.07 Å². The van der Waals surface area contributed by atoms with Crippen molar-refractivity contribution >= 4 is 17.3 Å². The number of hydrogen-bond acceptors (Lipinski definition) is 6. The molecule has 7 heteroatoms. The molecule has 1 heterocycles. The van der Waals surface area contributed by atoms with Crippen LogP contribution in [0.4, 0.5) is 11.4 Å². The fourth-order valence-corrected chi connectivity index (χ4v) is 2.57. The Morgan fingerprint density at radius 1 is 1.07 bits per heavy atom. The van der Waals surface area contributed by atoms with Gasteiger partial charge in [0.05, 0.1) is 42.7 Å². The summed E-state index contributed by atoms with van der Waals surface area (Å²) in [7, 11) is 1.61. The van der Waals surface area contributed by atoms with Gasteiger partial charge in [0, 0.05) is 11.9 Å². The largest absolute Gasteiger partial charge is 0.497 e. The van der Waals surface area contributed by atoms with Crippen molar-refractivity contribution < 1.29 is 14.3 Å². The topological polar surface area (TPSA) is 96.3 Å². The molecule has 29 heavy (non-hydrogen) atoms. The summed E-state index contributed by atoms with van der Waals surface area (Å²) in [5.74, 6) is 1.21. The van der Waals surface area contributed by atoms with E-state index >= 15 is 0 Å². The zero-order valence-corrected chi connectivity index (χ0v) is 15.9. The summed E-state index contributed by atoms with van der Waals surface area (Å²) < 4.78 is 10.7. The van der Waals surface area contributed by atoms with Crippen molar-refractivity contribution in [3.8, 4) is 17.6 Å². The molecular weight excluding hydrogens is 368 g/mol. The standard InChI is InChI=1S/C22H20N4O3/c1-28-20-5-7-21(8-6-20)29-10-9-25-22(27)17-12-19(15-24-14-17)26-18-4-2-3-16(11-18)13-23/h2-8,11-12,14-15,26H,9-10H2,1H3,(H,25,27). The van der Waals surface area contributed by atoms with Crippen LogP contribution in [0.15, 0.2) is 67.0 Å². The first-order valence-electron chi connectivity index (χ1n) is 8.95. The molecule has 0 atom stereocenters. The summed E-state index contributed by atoms with van der Waals surface area (Å²) >= 11 is 0. The number of anilines is 2. The highest BCUT2D eigenvalue weighted by Crippen LogP contribution is 2.18. The Kier molecular flexibility index (Phi) is 6.63. The molecule has 0 radical (unpaired) electrons. The molecule has 146 valence electrons. The second kappa shape index (κ2) is 9.76. The SMILES string of the molecule is COc1ccc(OCCNC(=O)c2cncc(Nc3cccc(C#N)c3)c2)cc1. The molecular formula is C22H20N4O3. The minimum atomic E-state index is -0.245. The Morgan fingerprint density at radius 2 is 1.86 bits per heavy atom. The van der Waals surface area contributed by atoms with E-state index in [0.717, 1.165) is 11.4 Å². The Bertz CT molecular complexity index is 1010. The van der Waals surface area contributed by atoms with Gasteiger partial charge in [0.15, 0.2) is 0 Å². The van der Waals surface area contributed by atoms with Crippen LogP contribution in [0.2, 0.25) is 0 Å². The first kappa shape index (κ1) is 19.7. The lowest BCUT2D eigenvalue weighted by Crippen LogP contribution is -2.28. The zero-order chi connectivity index (χ0) is 20.5. The van der Waals surface area contributed by atoms with Gasteiger partial charge in [0.1, 0.15) is 18.1 Å². The van der Waals surface area contributed by atoms with E-state index in [4.69, 9.17) is 14.7 Å². The third kappa shape index (κ3) is 5.71. The highest BCUT2D eigenvalue weighted by Gasteiger charge is 2.07. The van der Waals surface area contributed by atoms with Crippen LogP contribution in [-0.4, -0.2) is 31.2 Å². The number of hydrogen-bond donors (Lipinski definition) is 2. The number of benzene rings is 2. The molecule has 0 aliphatic heterocycles. The van der Waals surface area contributed by atoms with Gasteiger partial charge in [0.2, 0.25) is 0 Å².